The minimum Gasteiger partial charge on any atom is -0.497 e. The zero-order chi connectivity index (χ0) is 32.2. The van der Waals surface area contributed by atoms with E-state index in [0.29, 0.717) is 22.6 Å². The molecular weight excluding hydrogens is 458 g/mol. The number of rotatable bonds is 11. The van der Waals surface area contributed by atoms with Crippen molar-refractivity contribution in [1.82, 2.24) is 4.31 Å². The molecule has 0 fully saturated rings. The Morgan fingerprint density at radius 3 is 1.50 bits per heavy atom. The van der Waals surface area contributed by atoms with Crippen molar-refractivity contribution in [3.05, 3.63) is 71.8 Å². The van der Waals surface area contributed by atoms with E-state index in [9.17, 15) is 8.42 Å². The lowest BCUT2D eigenvalue weighted by atomic mass is 10.2. The topological polar surface area (TPSA) is 83.5 Å². The summed E-state index contributed by atoms with van der Waals surface area (Å²) < 4.78 is 123. The summed E-state index contributed by atoms with van der Waals surface area (Å²) in [6.45, 7) is -0.543. The molecule has 3 aromatic rings. The smallest absolute Gasteiger partial charge is 0.251 e. The number of benzene rings is 3. The zero-order valence-electron chi connectivity index (χ0n) is 27.4. The first-order chi connectivity index (χ1) is 19.8. The Hall–Kier alpha value is -3.43. The summed E-state index contributed by atoms with van der Waals surface area (Å²) in [5.41, 5.74) is 0.994. The largest absolute Gasteiger partial charge is 0.497 e. The van der Waals surface area contributed by atoms with E-state index in [1.54, 1.807) is 48.5 Å². The van der Waals surface area contributed by atoms with Gasteiger partial charge in [-0.3, -0.25) is 0 Å². The molecule has 0 spiro atoms. The fourth-order valence-corrected chi connectivity index (χ4v) is 4.85. The average molecular weight is 497 g/mol. The summed E-state index contributed by atoms with van der Waals surface area (Å²) in [6, 6.07) is 14.4. The van der Waals surface area contributed by atoms with Gasteiger partial charge in [0.2, 0.25) is 0 Å². The number of sulfonamides is 1. The molecule has 0 heterocycles. The van der Waals surface area contributed by atoms with Crippen LogP contribution in [0.3, 0.4) is 0 Å². The van der Waals surface area contributed by atoms with E-state index in [-0.39, 0.29) is 13.1 Å². The lowest BCUT2D eigenvalue weighted by Gasteiger charge is -2.25. The summed E-state index contributed by atoms with van der Waals surface area (Å²) in [4.78, 5) is -0.959. The van der Waals surface area contributed by atoms with Gasteiger partial charge >= 0.3 is 0 Å². The van der Waals surface area contributed by atoms with Crippen LogP contribution in [-0.2, 0) is 23.1 Å². The third-order valence-corrected chi connectivity index (χ3v) is 6.82. The molecule has 0 radical (unpaired) electrons. The Kier molecular flexibility index (Phi) is 5.06. The molecule has 0 atom stereocenters. The first-order valence-electron chi connectivity index (χ1n) is 14.3. The van der Waals surface area contributed by atoms with Gasteiger partial charge in [0.15, 0.2) is 4.90 Å². The van der Waals surface area contributed by atoms with Crippen LogP contribution in [-0.4, -0.2) is 48.1 Å². The van der Waals surface area contributed by atoms with E-state index >= 15 is 0 Å². The van der Waals surface area contributed by atoms with E-state index in [0.717, 1.165) is 16.4 Å². The molecule has 0 aliphatic heterocycles. The zero-order valence-corrected chi connectivity index (χ0v) is 19.2. The Balaban J connectivity index is 2.26. The summed E-state index contributed by atoms with van der Waals surface area (Å²) in [7, 11) is -11.5. The van der Waals surface area contributed by atoms with Crippen molar-refractivity contribution in [2.24, 2.45) is 0 Å². The second kappa shape index (κ2) is 11.1. The highest BCUT2D eigenvalue weighted by Gasteiger charge is 2.32. The Labute approximate surface area is 213 Å². The number of hydrogen-bond acceptors (Lipinski definition) is 7. The van der Waals surface area contributed by atoms with Crippen molar-refractivity contribution in [1.29, 1.82) is 0 Å². The fourth-order valence-electron chi connectivity index (χ4n) is 3.24. The average Bonchev–Trinajstić information content (AvgIpc) is 2.86. The Bertz CT molecular complexity index is 1400. The van der Waals surface area contributed by atoms with Gasteiger partial charge in [-0.25, -0.2) is 8.42 Å². The molecule has 182 valence electrons. The van der Waals surface area contributed by atoms with Gasteiger partial charge in [0, 0.05) is 25.2 Å². The van der Waals surface area contributed by atoms with Gasteiger partial charge in [0.25, 0.3) is 10.0 Å². The molecule has 0 amide bonds. The predicted octanol–water partition coefficient (Wildman–Crippen LogP) is 4.12. The number of methoxy groups -OCH3 is 5. The number of ether oxygens (including phenoxy) is 5. The standard InChI is InChI=1S/C25H29NO7S/c1-29-20-10-6-18(7-11-20)16-26(17-19-8-12-21(30-2)13-9-19)34(27,28)25-23(32-4)14-22(31-3)15-24(25)33-5/h6-15H,16-17H2,1-5H3/i3D3,4D3,5D3. The van der Waals surface area contributed by atoms with Gasteiger partial charge in [0.05, 0.1) is 47.7 Å². The second-order valence-corrected chi connectivity index (χ2v) is 8.90. The van der Waals surface area contributed by atoms with E-state index in [1.165, 1.54) is 14.2 Å². The van der Waals surface area contributed by atoms with Crippen molar-refractivity contribution in [3.63, 3.8) is 0 Å². The van der Waals surface area contributed by atoms with Gasteiger partial charge < -0.3 is 23.7 Å². The van der Waals surface area contributed by atoms with Crippen molar-refractivity contribution >= 4 is 10.0 Å². The van der Waals surface area contributed by atoms with Crippen LogP contribution in [0.2, 0.25) is 0 Å². The molecular formula is C25H29NO7S. The van der Waals surface area contributed by atoms with Gasteiger partial charge in [-0.05, 0) is 35.4 Å². The molecule has 0 aliphatic rings. The number of nitrogens with zero attached hydrogens (tertiary/aromatic N) is 1. The van der Waals surface area contributed by atoms with Crippen molar-refractivity contribution < 1.29 is 44.4 Å². The molecule has 34 heavy (non-hydrogen) atoms. The van der Waals surface area contributed by atoms with Crippen LogP contribution < -0.4 is 23.7 Å². The minimum absolute atomic E-state index is 0.272. The third-order valence-electron chi connectivity index (χ3n) is 4.97. The highest BCUT2D eigenvalue weighted by Crippen LogP contribution is 2.40. The highest BCUT2D eigenvalue weighted by atomic mass is 32.2. The molecule has 0 bridgehead atoms. The van der Waals surface area contributed by atoms with Crippen molar-refractivity contribution in [2.75, 3.05) is 35.3 Å². The molecule has 0 aliphatic carbocycles. The molecule has 0 aromatic heterocycles. The lowest BCUT2D eigenvalue weighted by Crippen LogP contribution is -2.31. The monoisotopic (exact) mass is 496 g/mol. The molecule has 0 saturated carbocycles. The molecule has 0 unspecified atom stereocenters. The Morgan fingerprint density at radius 2 is 1.12 bits per heavy atom. The maximum atomic E-state index is 14.4. The van der Waals surface area contributed by atoms with Crippen LogP contribution in [0.1, 0.15) is 23.5 Å². The normalized spacial score (nSPS) is 16.3. The van der Waals surface area contributed by atoms with Gasteiger partial charge in [-0.15, -0.1) is 0 Å². The summed E-state index contributed by atoms with van der Waals surface area (Å²) in [5.74, 6) is -1.40. The molecule has 3 rings (SSSR count). The molecule has 3 aromatic carbocycles. The third kappa shape index (κ3) is 5.55. The number of hydrogen-bond donors (Lipinski definition) is 0. The lowest BCUT2D eigenvalue weighted by molar-refractivity contribution is 0.349. The van der Waals surface area contributed by atoms with Crippen LogP contribution in [0.4, 0.5) is 0 Å². The van der Waals surface area contributed by atoms with E-state index in [1.807, 2.05) is 0 Å². The van der Waals surface area contributed by atoms with Crippen LogP contribution in [0, 0.1) is 0 Å². The quantitative estimate of drug-likeness (QED) is 0.395. The minimum atomic E-state index is -4.87. The molecule has 9 heteroatoms. The SMILES string of the molecule is [2H]C([2H])([2H])Oc1cc(OC([2H])([2H])[2H])c(S(=O)(=O)N(Cc2ccc(OC)cc2)Cc2ccc(OC)cc2)c(OC([2H])([2H])[2H])c1. The van der Waals surface area contributed by atoms with Crippen molar-refractivity contribution in [3.8, 4) is 28.7 Å². The summed E-state index contributed by atoms with van der Waals surface area (Å²) in [5, 5.41) is 0. The van der Waals surface area contributed by atoms with Crippen LogP contribution in [0.25, 0.3) is 0 Å². The van der Waals surface area contributed by atoms with Crippen LogP contribution in [0.15, 0.2) is 65.6 Å². The Morgan fingerprint density at radius 1 is 0.676 bits per heavy atom. The summed E-state index contributed by atoms with van der Waals surface area (Å²) >= 11 is 0. The van der Waals surface area contributed by atoms with Gasteiger partial charge in [-0.1, -0.05) is 24.3 Å². The van der Waals surface area contributed by atoms with E-state index in [4.69, 9.17) is 36.0 Å². The molecule has 0 N–H and O–H groups in total. The van der Waals surface area contributed by atoms with Gasteiger partial charge in [-0.2, -0.15) is 4.31 Å². The molecule has 0 saturated heterocycles. The van der Waals surface area contributed by atoms with Crippen LogP contribution in [0.5, 0.6) is 28.7 Å². The van der Waals surface area contributed by atoms with E-state index < -0.39 is 53.3 Å². The van der Waals surface area contributed by atoms with Crippen molar-refractivity contribution in [2.45, 2.75) is 18.0 Å². The maximum Gasteiger partial charge on any atom is 0.251 e. The van der Waals surface area contributed by atoms with Crippen LogP contribution >= 0.6 is 0 Å². The van der Waals surface area contributed by atoms with Gasteiger partial charge in [0.1, 0.15) is 28.7 Å². The highest BCUT2D eigenvalue weighted by molar-refractivity contribution is 7.89. The second-order valence-electron chi connectivity index (χ2n) is 7.02. The first kappa shape index (κ1) is 15.5. The maximum absolute atomic E-state index is 14.4. The van der Waals surface area contributed by atoms with E-state index in [2.05, 4.69) is 0 Å². The first-order valence-corrected chi connectivity index (χ1v) is 11.2. The fraction of sp³-hybridized carbons (Fsp3) is 0.280. The predicted molar refractivity (Wildman–Crippen MR) is 129 cm³/mol. The molecule has 8 nitrogen and oxygen atoms in total. The summed E-state index contributed by atoms with van der Waals surface area (Å²) in [6.07, 6.45) is 0.